The number of benzene rings is 2. The molecule has 7 heteroatoms. The van der Waals surface area contributed by atoms with Crippen LogP contribution in [0.25, 0.3) is 10.8 Å². The molecule has 27 heavy (non-hydrogen) atoms. The van der Waals surface area contributed by atoms with Gasteiger partial charge in [-0.25, -0.2) is 4.68 Å². The molecule has 0 saturated heterocycles. The van der Waals surface area contributed by atoms with Crippen molar-refractivity contribution < 1.29 is 9.53 Å². The van der Waals surface area contributed by atoms with Crippen LogP contribution in [0.5, 0.6) is 5.75 Å². The second-order valence-electron chi connectivity index (χ2n) is 6.14. The summed E-state index contributed by atoms with van der Waals surface area (Å²) in [6.45, 7) is 3.65. The fourth-order valence-electron chi connectivity index (χ4n) is 3.04. The van der Waals surface area contributed by atoms with Crippen molar-refractivity contribution in [1.82, 2.24) is 9.78 Å². The summed E-state index contributed by atoms with van der Waals surface area (Å²) in [5, 5.41) is 8.97. The first-order valence-corrected chi connectivity index (χ1v) is 8.96. The summed E-state index contributed by atoms with van der Waals surface area (Å²) in [4.78, 5) is 25.8. The quantitative estimate of drug-likeness (QED) is 0.721. The van der Waals surface area contributed by atoms with Crippen molar-refractivity contribution in [3.63, 3.8) is 0 Å². The van der Waals surface area contributed by atoms with Crippen molar-refractivity contribution >= 4 is 34.0 Å². The number of ether oxygens (including phenoxy) is 1. The van der Waals surface area contributed by atoms with E-state index >= 15 is 0 Å². The van der Waals surface area contributed by atoms with Crippen LogP contribution in [0.3, 0.4) is 0 Å². The van der Waals surface area contributed by atoms with Crippen LogP contribution in [0.1, 0.15) is 25.1 Å². The van der Waals surface area contributed by atoms with Crippen LogP contribution < -0.4 is 15.6 Å². The Labute approximate surface area is 161 Å². The van der Waals surface area contributed by atoms with Crippen molar-refractivity contribution in [1.29, 1.82) is 0 Å². The molecule has 0 bridgehead atoms. The standard InChI is InChI=1S/C20H20ClN3O3/c1-4-17(19(25)22-16-11-13(21)9-10-18(16)27-3)24-20(26)15-8-6-5-7-14(15)12(2)23-24/h5-11,17H,4H2,1-3H3,(H,22,25). The Bertz CT molecular complexity index is 1060. The van der Waals surface area contributed by atoms with Gasteiger partial charge < -0.3 is 10.1 Å². The predicted octanol–water partition coefficient (Wildman–Crippen LogP) is 3.96. The van der Waals surface area contributed by atoms with E-state index < -0.39 is 6.04 Å². The summed E-state index contributed by atoms with van der Waals surface area (Å²) >= 11 is 6.02. The number of nitrogens with zero attached hydrogens (tertiary/aromatic N) is 2. The predicted molar refractivity (Wildman–Crippen MR) is 107 cm³/mol. The van der Waals surface area contributed by atoms with Gasteiger partial charge in [-0.1, -0.05) is 36.7 Å². The number of fused-ring (bicyclic) bond motifs is 1. The lowest BCUT2D eigenvalue weighted by atomic mass is 10.1. The van der Waals surface area contributed by atoms with Crippen LogP contribution >= 0.6 is 11.6 Å². The highest BCUT2D eigenvalue weighted by atomic mass is 35.5. The molecule has 3 rings (SSSR count). The van der Waals surface area contributed by atoms with E-state index in [1.165, 1.54) is 11.8 Å². The van der Waals surface area contributed by atoms with Gasteiger partial charge >= 0.3 is 0 Å². The minimum atomic E-state index is -0.760. The number of methoxy groups -OCH3 is 1. The Balaban J connectivity index is 2.02. The number of hydrogen-bond donors (Lipinski definition) is 1. The number of halogens is 1. The Morgan fingerprint density at radius 3 is 2.63 bits per heavy atom. The molecule has 1 aromatic heterocycles. The van der Waals surface area contributed by atoms with Crippen molar-refractivity contribution in [2.24, 2.45) is 0 Å². The van der Waals surface area contributed by atoms with E-state index in [1.807, 2.05) is 26.0 Å². The van der Waals surface area contributed by atoms with Gasteiger partial charge in [-0.15, -0.1) is 0 Å². The molecule has 0 saturated carbocycles. The first-order valence-electron chi connectivity index (χ1n) is 8.58. The van der Waals surface area contributed by atoms with E-state index in [1.54, 1.807) is 30.3 Å². The monoisotopic (exact) mass is 385 g/mol. The van der Waals surface area contributed by atoms with Crippen LogP contribution in [-0.2, 0) is 4.79 Å². The van der Waals surface area contributed by atoms with E-state index in [2.05, 4.69) is 10.4 Å². The lowest BCUT2D eigenvalue weighted by molar-refractivity contribution is -0.119. The number of rotatable bonds is 5. The topological polar surface area (TPSA) is 73.2 Å². The summed E-state index contributed by atoms with van der Waals surface area (Å²) in [6.07, 6.45) is 0.402. The molecule has 0 fully saturated rings. The molecule has 2 aromatic carbocycles. The maximum absolute atomic E-state index is 12.9. The van der Waals surface area contributed by atoms with Crippen LogP contribution in [0.4, 0.5) is 5.69 Å². The van der Waals surface area contributed by atoms with Gasteiger partial charge in [0.15, 0.2) is 0 Å². The van der Waals surface area contributed by atoms with Crippen LogP contribution in [0.2, 0.25) is 5.02 Å². The van der Waals surface area contributed by atoms with Gasteiger partial charge in [0.2, 0.25) is 5.91 Å². The molecule has 1 unspecified atom stereocenters. The molecule has 0 aliphatic carbocycles. The average molecular weight is 386 g/mol. The van der Waals surface area contributed by atoms with Crippen LogP contribution in [-0.4, -0.2) is 22.8 Å². The molecular weight excluding hydrogens is 366 g/mol. The largest absolute Gasteiger partial charge is 0.495 e. The molecule has 0 aliphatic heterocycles. The molecule has 1 atom stereocenters. The fraction of sp³-hybridized carbons (Fsp3) is 0.250. The summed E-state index contributed by atoms with van der Waals surface area (Å²) in [5.41, 5.74) is 0.840. The number of nitrogens with one attached hydrogen (secondary N) is 1. The summed E-state index contributed by atoms with van der Waals surface area (Å²) in [6, 6.07) is 11.4. The lowest BCUT2D eigenvalue weighted by Crippen LogP contribution is -2.35. The van der Waals surface area contributed by atoms with Crippen molar-refractivity contribution in [3.05, 3.63) is 63.5 Å². The van der Waals surface area contributed by atoms with E-state index in [-0.39, 0.29) is 11.5 Å². The number of amides is 1. The zero-order valence-corrected chi connectivity index (χ0v) is 16.1. The molecule has 3 aromatic rings. The van der Waals surface area contributed by atoms with E-state index in [0.29, 0.717) is 34.0 Å². The maximum atomic E-state index is 12.9. The van der Waals surface area contributed by atoms with E-state index in [9.17, 15) is 9.59 Å². The van der Waals surface area contributed by atoms with Crippen LogP contribution in [0, 0.1) is 6.92 Å². The van der Waals surface area contributed by atoms with Crippen molar-refractivity contribution in [2.75, 3.05) is 12.4 Å². The molecule has 0 spiro atoms. The Kier molecular flexibility index (Phi) is 5.46. The molecule has 1 amide bonds. The first-order chi connectivity index (χ1) is 13.0. The van der Waals surface area contributed by atoms with Crippen molar-refractivity contribution in [2.45, 2.75) is 26.3 Å². The Hall–Kier alpha value is -2.86. The van der Waals surface area contributed by atoms with Crippen molar-refractivity contribution in [3.8, 4) is 5.75 Å². The zero-order chi connectivity index (χ0) is 19.6. The average Bonchev–Trinajstić information content (AvgIpc) is 2.66. The minimum Gasteiger partial charge on any atom is -0.495 e. The second-order valence-corrected chi connectivity index (χ2v) is 6.58. The molecule has 1 heterocycles. The van der Waals surface area contributed by atoms with Gasteiger partial charge in [-0.05, 0) is 37.6 Å². The van der Waals surface area contributed by atoms with Gasteiger partial charge in [-0.3, -0.25) is 9.59 Å². The third-order valence-corrected chi connectivity index (χ3v) is 4.65. The summed E-state index contributed by atoms with van der Waals surface area (Å²) < 4.78 is 6.52. The zero-order valence-electron chi connectivity index (χ0n) is 15.3. The highest BCUT2D eigenvalue weighted by Crippen LogP contribution is 2.28. The molecule has 0 radical (unpaired) electrons. The van der Waals surface area contributed by atoms with Gasteiger partial charge in [0.1, 0.15) is 11.8 Å². The summed E-state index contributed by atoms with van der Waals surface area (Å²) in [5.74, 6) is 0.125. The maximum Gasteiger partial charge on any atom is 0.275 e. The number of aryl methyl sites for hydroxylation is 1. The molecule has 140 valence electrons. The van der Waals surface area contributed by atoms with E-state index in [0.717, 1.165) is 5.39 Å². The number of anilines is 1. The van der Waals surface area contributed by atoms with Gasteiger partial charge in [-0.2, -0.15) is 5.10 Å². The van der Waals surface area contributed by atoms with Gasteiger partial charge in [0.25, 0.3) is 5.56 Å². The lowest BCUT2D eigenvalue weighted by Gasteiger charge is -2.19. The number of hydrogen-bond acceptors (Lipinski definition) is 4. The summed E-state index contributed by atoms with van der Waals surface area (Å²) in [7, 11) is 1.51. The highest BCUT2D eigenvalue weighted by molar-refractivity contribution is 6.31. The first kappa shape index (κ1) is 18.9. The second kappa shape index (κ2) is 7.80. The Morgan fingerprint density at radius 1 is 1.26 bits per heavy atom. The Morgan fingerprint density at radius 2 is 1.96 bits per heavy atom. The normalized spacial score (nSPS) is 12.0. The van der Waals surface area contributed by atoms with E-state index in [4.69, 9.17) is 16.3 Å². The van der Waals surface area contributed by atoms with Gasteiger partial charge in [0.05, 0.1) is 23.9 Å². The molecular formula is C20H20ClN3O3. The number of aromatic nitrogens is 2. The number of carbonyl (C=O) groups is 1. The smallest absolute Gasteiger partial charge is 0.275 e. The van der Waals surface area contributed by atoms with Gasteiger partial charge in [0, 0.05) is 10.4 Å². The SMILES string of the molecule is CCC(C(=O)Nc1cc(Cl)ccc1OC)n1nc(C)c2ccccc2c1=O. The number of carbonyl (C=O) groups excluding carboxylic acids is 1. The third-order valence-electron chi connectivity index (χ3n) is 4.42. The highest BCUT2D eigenvalue weighted by Gasteiger charge is 2.23. The molecule has 0 aliphatic rings. The molecule has 1 N–H and O–H groups in total. The fourth-order valence-corrected chi connectivity index (χ4v) is 3.22. The van der Waals surface area contributed by atoms with Crippen LogP contribution in [0.15, 0.2) is 47.3 Å². The minimum absolute atomic E-state index is 0.295. The third kappa shape index (κ3) is 3.66. The molecule has 6 nitrogen and oxygen atoms in total.